The highest BCUT2D eigenvalue weighted by Gasteiger charge is 2.24. The van der Waals surface area contributed by atoms with Crippen molar-refractivity contribution in [1.29, 1.82) is 0 Å². The normalized spacial score (nSPS) is 19.4. The van der Waals surface area contributed by atoms with E-state index in [0.717, 1.165) is 24.8 Å². The first-order chi connectivity index (χ1) is 9.72. The Kier molecular flexibility index (Phi) is 3.83. The molecule has 20 heavy (non-hydrogen) atoms. The Morgan fingerprint density at radius 1 is 1.05 bits per heavy atom. The Morgan fingerprint density at radius 3 is 2.50 bits per heavy atom. The molecular formula is C18H19FO. The van der Waals surface area contributed by atoms with E-state index in [1.165, 1.54) is 23.3 Å². The van der Waals surface area contributed by atoms with Gasteiger partial charge in [0.1, 0.15) is 5.82 Å². The van der Waals surface area contributed by atoms with Gasteiger partial charge in [0, 0.05) is 0 Å². The fraction of sp³-hybridized carbons (Fsp3) is 0.333. The van der Waals surface area contributed by atoms with E-state index in [-0.39, 0.29) is 11.9 Å². The van der Waals surface area contributed by atoms with Gasteiger partial charge in [-0.15, -0.1) is 0 Å². The Labute approximate surface area is 119 Å². The zero-order valence-corrected chi connectivity index (χ0v) is 11.4. The van der Waals surface area contributed by atoms with Gasteiger partial charge in [0.05, 0.1) is 6.10 Å². The highest BCUT2D eigenvalue weighted by atomic mass is 19.1. The van der Waals surface area contributed by atoms with Crippen LogP contribution in [0.5, 0.6) is 0 Å². The fourth-order valence-electron chi connectivity index (χ4n) is 3.08. The van der Waals surface area contributed by atoms with Crippen LogP contribution in [0.25, 0.3) is 0 Å². The number of hydrogen-bond donors (Lipinski definition) is 1. The number of aryl methyl sites for hydroxylation is 1. The summed E-state index contributed by atoms with van der Waals surface area (Å²) in [5.74, 6) is 0.0739. The molecule has 2 aromatic rings. The molecule has 1 aliphatic rings. The second-order valence-corrected chi connectivity index (χ2v) is 5.67. The first-order valence-electron chi connectivity index (χ1n) is 7.21. The van der Waals surface area contributed by atoms with E-state index in [2.05, 4.69) is 24.3 Å². The summed E-state index contributed by atoms with van der Waals surface area (Å²) >= 11 is 0. The second kappa shape index (κ2) is 5.76. The molecular weight excluding hydrogens is 251 g/mol. The number of fused-ring (bicyclic) bond motifs is 1. The summed E-state index contributed by atoms with van der Waals surface area (Å²) in [5.41, 5.74) is 3.78. The van der Waals surface area contributed by atoms with Crippen molar-refractivity contribution in [2.45, 2.75) is 31.8 Å². The summed E-state index contributed by atoms with van der Waals surface area (Å²) in [5, 5.41) is 10.4. The van der Waals surface area contributed by atoms with Crippen molar-refractivity contribution in [2.24, 2.45) is 5.92 Å². The van der Waals surface area contributed by atoms with Gasteiger partial charge >= 0.3 is 0 Å². The lowest BCUT2D eigenvalue weighted by molar-refractivity contribution is 0.0993. The smallest absolute Gasteiger partial charge is 0.123 e. The molecule has 1 aliphatic carbocycles. The number of aliphatic hydroxyl groups is 1. The van der Waals surface area contributed by atoms with Gasteiger partial charge in [0.25, 0.3) is 0 Å². The van der Waals surface area contributed by atoms with Crippen LogP contribution < -0.4 is 0 Å². The molecule has 0 aromatic heterocycles. The van der Waals surface area contributed by atoms with Crippen molar-refractivity contribution in [2.75, 3.05) is 0 Å². The minimum absolute atomic E-state index is 0.227. The van der Waals surface area contributed by atoms with E-state index in [0.29, 0.717) is 12.3 Å². The lowest BCUT2D eigenvalue weighted by Gasteiger charge is -2.28. The summed E-state index contributed by atoms with van der Waals surface area (Å²) < 4.78 is 12.9. The van der Waals surface area contributed by atoms with Crippen molar-refractivity contribution < 1.29 is 9.50 Å². The molecule has 2 aromatic carbocycles. The minimum Gasteiger partial charge on any atom is -0.392 e. The Morgan fingerprint density at radius 2 is 1.75 bits per heavy atom. The standard InChI is InChI=1S/C18H19FO/c19-17-9-5-13(6-10-17)11-18(20)16-8-7-14-3-1-2-4-15(14)12-16/h1-6,9-10,16,18,20H,7-8,11-12H2. The Bertz CT molecular complexity index is 576. The monoisotopic (exact) mass is 270 g/mol. The van der Waals surface area contributed by atoms with Crippen LogP contribution in [-0.2, 0) is 19.3 Å². The van der Waals surface area contributed by atoms with Crippen molar-refractivity contribution in [3.8, 4) is 0 Å². The summed E-state index contributed by atoms with van der Waals surface area (Å²) in [6.45, 7) is 0. The van der Waals surface area contributed by atoms with Gasteiger partial charge in [-0.05, 0) is 60.4 Å². The van der Waals surface area contributed by atoms with Crippen LogP contribution in [0, 0.1) is 11.7 Å². The SMILES string of the molecule is OC(Cc1ccc(F)cc1)C1CCc2ccccc2C1. The van der Waals surface area contributed by atoms with Crippen LogP contribution in [-0.4, -0.2) is 11.2 Å². The molecule has 0 aliphatic heterocycles. The molecule has 0 fully saturated rings. The van der Waals surface area contributed by atoms with Crippen LogP contribution >= 0.6 is 0 Å². The quantitative estimate of drug-likeness (QED) is 0.904. The van der Waals surface area contributed by atoms with Gasteiger partial charge < -0.3 is 5.11 Å². The first-order valence-corrected chi connectivity index (χ1v) is 7.21. The molecule has 1 N–H and O–H groups in total. The number of rotatable bonds is 3. The molecule has 2 heteroatoms. The van der Waals surface area contributed by atoms with E-state index in [9.17, 15) is 9.50 Å². The van der Waals surface area contributed by atoms with Gasteiger partial charge in [-0.3, -0.25) is 0 Å². The van der Waals surface area contributed by atoms with Crippen molar-refractivity contribution in [1.82, 2.24) is 0 Å². The predicted molar refractivity (Wildman–Crippen MR) is 78.1 cm³/mol. The molecule has 0 spiro atoms. The third-order valence-electron chi connectivity index (χ3n) is 4.29. The minimum atomic E-state index is -0.353. The van der Waals surface area contributed by atoms with Crippen LogP contribution in [0.15, 0.2) is 48.5 Å². The molecule has 0 bridgehead atoms. The largest absolute Gasteiger partial charge is 0.392 e. The van der Waals surface area contributed by atoms with Gasteiger partial charge in [-0.1, -0.05) is 36.4 Å². The maximum atomic E-state index is 12.9. The predicted octanol–water partition coefficient (Wildman–Crippen LogP) is 3.53. The van der Waals surface area contributed by atoms with Gasteiger partial charge in [0.15, 0.2) is 0 Å². The van der Waals surface area contributed by atoms with E-state index < -0.39 is 0 Å². The van der Waals surface area contributed by atoms with Crippen LogP contribution in [0.3, 0.4) is 0 Å². The van der Waals surface area contributed by atoms with Gasteiger partial charge in [-0.2, -0.15) is 0 Å². The third-order valence-corrected chi connectivity index (χ3v) is 4.29. The average Bonchev–Trinajstić information content (AvgIpc) is 2.49. The molecule has 0 heterocycles. The maximum Gasteiger partial charge on any atom is 0.123 e. The highest BCUT2D eigenvalue weighted by molar-refractivity contribution is 5.30. The van der Waals surface area contributed by atoms with Crippen LogP contribution in [0.2, 0.25) is 0 Å². The summed E-state index contributed by atoms with van der Waals surface area (Å²) in [7, 11) is 0. The average molecular weight is 270 g/mol. The molecule has 0 saturated carbocycles. The van der Waals surface area contributed by atoms with Crippen LogP contribution in [0.4, 0.5) is 4.39 Å². The zero-order chi connectivity index (χ0) is 13.9. The van der Waals surface area contributed by atoms with Gasteiger partial charge in [0.2, 0.25) is 0 Å². The molecule has 0 radical (unpaired) electrons. The molecule has 0 saturated heterocycles. The van der Waals surface area contributed by atoms with Gasteiger partial charge in [-0.25, -0.2) is 4.39 Å². The molecule has 1 nitrogen and oxygen atoms in total. The van der Waals surface area contributed by atoms with Crippen molar-refractivity contribution in [3.63, 3.8) is 0 Å². The van der Waals surface area contributed by atoms with Crippen LogP contribution in [0.1, 0.15) is 23.1 Å². The summed E-state index contributed by atoms with van der Waals surface area (Å²) in [6, 6.07) is 14.9. The summed E-state index contributed by atoms with van der Waals surface area (Å²) in [4.78, 5) is 0. The molecule has 2 unspecified atom stereocenters. The summed E-state index contributed by atoms with van der Waals surface area (Å²) in [6.07, 6.45) is 3.26. The van der Waals surface area contributed by atoms with E-state index in [4.69, 9.17) is 0 Å². The van der Waals surface area contributed by atoms with E-state index in [1.807, 2.05) is 0 Å². The number of halogens is 1. The molecule has 2 atom stereocenters. The topological polar surface area (TPSA) is 20.2 Å². The molecule has 3 rings (SSSR count). The van der Waals surface area contributed by atoms with Crippen molar-refractivity contribution in [3.05, 3.63) is 71.0 Å². The van der Waals surface area contributed by atoms with Crippen molar-refractivity contribution >= 4 is 0 Å². The Balaban J connectivity index is 1.67. The highest BCUT2D eigenvalue weighted by Crippen LogP contribution is 2.28. The third kappa shape index (κ3) is 2.91. The fourth-order valence-corrected chi connectivity index (χ4v) is 3.08. The zero-order valence-electron chi connectivity index (χ0n) is 11.4. The molecule has 104 valence electrons. The maximum absolute atomic E-state index is 12.9. The lowest BCUT2D eigenvalue weighted by atomic mass is 9.79. The number of benzene rings is 2. The first kappa shape index (κ1) is 13.3. The second-order valence-electron chi connectivity index (χ2n) is 5.67. The van der Waals surface area contributed by atoms with E-state index >= 15 is 0 Å². The van der Waals surface area contributed by atoms with E-state index in [1.54, 1.807) is 12.1 Å². The molecule has 0 amide bonds. The number of hydrogen-bond acceptors (Lipinski definition) is 1. The Hall–Kier alpha value is -1.67. The lowest BCUT2D eigenvalue weighted by Crippen LogP contribution is -2.28. The number of aliphatic hydroxyl groups excluding tert-OH is 1.